The minimum absolute atomic E-state index is 0.254. The summed E-state index contributed by atoms with van der Waals surface area (Å²) in [4.78, 5) is 4.02. The van der Waals surface area contributed by atoms with Crippen LogP contribution in [0.2, 0.25) is 0 Å². The number of aryl methyl sites for hydroxylation is 1. The highest BCUT2D eigenvalue weighted by Gasteiger charge is 2.10. The second kappa shape index (κ2) is 4.91. The van der Waals surface area contributed by atoms with Crippen LogP contribution in [0.4, 0.5) is 5.82 Å². The first-order valence-electron chi connectivity index (χ1n) is 4.19. The molecule has 0 radical (unpaired) electrons. The Balaban J connectivity index is 2.86. The summed E-state index contributed by atoms with van der Waals surface area (Å²) >= 11 is 3.26. The van der Waals surface area contributed by atoms with Gasteiger partial charge >= 0.3 is 0 Å². The van der Waals surface area contributed by atoms with Crippen LogP contribution in [0.3, 0.4) is 0 Å². The van der Waals surface area contributed by atoms with Gasteiger partial charge in [0, 0.05) is 4.47 Å². The molecule has 15 heavy (non-hydrogen) atoms. The van der Waals surface area contributed by atoms with Crippen molar-refractivity contribution in [2.75, 3.05) is 17.1 Å². The summed E-state index contributed by atoms with van der Waals surface area (Å²) in [7, 11) is -3.49. The van der Waals surface area contributed by atoms with Gasteiger partial charge in [0.1, 0.15) is 5.82 Å². The van der Waals surface area contributed by atoms with Crippen LogP contribution in [0.1, 0.15) is 5.69 Å². The second-order valence-corrected chi connectivity index (χ2v) is 5.60. The molecule has 0 unspecified atom stereocenters. The average molecular weight is 295 g/mol. The van der Waals surface area contributed by atoms with Gasteiger partial charge in [0.2, 0.25) is 10.0 Å². The van der Waals surface area contributed by atoms with E-state index in [2.05, 4.69) is 25.6 Å². The van der Waals surface area contributed by atoms with E-state index in [-0.39, 0.29) is 11.6 Å². The maximum Gasteiger partial charge on any atom is 0.236 e. The molecule has 5 nitrogen and oxygen atoms in total. The molecule has 1 heterocycles. The van der Waals surface area contributed by atoms with Crippen molar-refractivity contribution in [3.63, 3.8) is 0 Å². The Morgan fingerprint density at radius 2 is 2.20 bits per heavy atom. The number of nitrogens with one attached hydrogen (secondary N) is 1. The highest BCUT2D eigenvalue weighted by molar-refractivity contribution is 9.10. The first kappa shape index (κ1) is 12.4. The van der Waals surface area contributed by atoms with Crippen molar-refractivity contribution in [3.05, 3.63) is 22.3 Å². The van der Waals surface area contributed by atoms with Crippen LogP contribution < -0.4 is 4.72 Å². The third-order valence-electron chi connectivity index (χ3n) is 1.64. The predicted octanol–water partition coefficient (Wildman–Crippen LogP) is 0.887. The molecule has 0 fully saturated rings. The Morgan fingerprint density at radius 1 is 1.53 bits per heavy atom. The summed E-state index contributed by atoms with van der Waals surface area (Å²) in [5.41, 5.74) is 0.694. The van der Waals surface area contributed by atoms with Gasteiger partial charge in [-0.25, -0.2) is 13.4 Å². The van der Waals surface area contributed by atoms with E-state index in [1.807, 2.05) is 0 Å². The molecule has 1 aromatic rings. The van der Waals surface area contributed by atoms with E-state index in [9.17, 15) is 8.42 Å². The van der Waals surface area contributed by atoms with Crippen LogP contribution in [0.5, 0.6) is 0 Å². The van der Waals surface area contributed by atoms with Crippen LogP contribution in [-0.2, 0) is 10.0 Å². The number of aliphatic hydroxyl groups is 1. The summed E-state index contributed by atoms with van der Waals surface area (Å²) in [6.07, 6.45) is 0. The van der Waals surface area contributed by atoms with Crippen molar-refractivity contribution in [3.8, 4) is 0 Å². The van der Waals surface area contributed by atoms with Crippen molar-refractivity contribution >= 4 is 31.8 Å². The molecule has 0 aliphatic rings. The standard InChI is InChI=1S/C8H11BrN2O3S/c1-6-7(9)2-3-8(10-6)11-15(13,14)5-4-12/h2-3,12H,4-5H2,1H3,(H,10,11). The van der Waals surface area contributed by atoms with Gasteiger partial charge in [0.25, 0.3) is 0 Å². The summed E-state index contributed by atoms with van der Waals surface area (Å²) in [6.45, 7) is 1.35. The summed E-state index contributed by atoms with van der Waals surface area (Å²) < 4.78 is 25.6. The smallest absolute Gasteiger partial charge is 0.236 e. The number of nitrogens with zero attached hydrogens (tertiary/aromatic N) is 1. The first-order chi connectivity index (χ1) is 6.94. The van der Waals surface area contributed by atoms with Crippen molar-refractivity contribution < 1.29 is 13.5 Å². The lowest BCUT2D eigenvalue weighted by molar-refractivity contribution is 0.320. The molecule has 84 valence electrons. The fourth-order valence-electron chi connectivity index (χ4n) is 0.931. The van der Waals surface area contributed by atoms with Gasteiger partial charge in [-0.1, -0.05) is 0 Å². The molecule has 0 saturated heterocycles. The molecule has 0 amide bonds. The normalized spacial score (nSPS) is 11.4. The van der Waals surface area contributed by atoms with Crippen LogP contribution in [0.15, 0.2) is 16.6 Å². The predicted molar refractivity (Wildman–Crippen MR) is 61.2 cm³/mol. The van der Waals surface area contributed by atoms with E-state index >= 15 is 0 Å². The number of anilines is 1. The molecule has 0 aromatic carbocycles. The van der Waals surface area contributed by atoms with Crippen LogP contribution in [-0.4, -0.2) is 30.9 Å². The number of hydrogen-bond donors (Lipinski definition) is 2. The lowest BCUT2D eigenvalue weighted by Crippen LogP contribution is -2.19. The molecule has 7 heteroatoms. The first-order valence-corrected chi connectivity index (χ1v) is 6.63. The number of aliphatic hydroxyl groups excluding tert-OH is 1. The van der Waals surface area contributed by atoms with Gasteiger partial charge < -0.3 is 5.11 Å². The molecule has 0 aliphatic heterocycles. The largest absolute Gasteiger partial charge is 0.395 e. The highest BCUT2D eigenvalue weighted by Crippen LogP contribution is 2.16. The number of pyridine rings is 1. The second-order valence-electron chi connectivity index (χ2n) is 2.91. The molecule has 0 atom stereocenters. The minimum Gasteiger partial charge on any atom is -0.395 e. The molecule has 0 spiro atoms. The average Bonchev–Trinajstić information content (AvgIpc) is 2.10. The number of hydrogen-bond acceptors (Lipinski definition) is 4. The van der Waals surface area contributed by atoms with E-state index in [0.717, 1.165) is 4.47 Å². The van der Waals surface area contributed by atoms with Gasteiger partial charge in [-0.3, -0.25) is 4.72 Å². The molecule has 0 saturated carbocycles. The van der Waals surface area contributed by atoms with E-state index < -0.39 is 16.6 Å². The molecule has 2 N–H and O–H groups in total. The van der Waals surface area contributed by atoms with E-state index in [4.69, 9.17) is 5.11 Å². The van der Waals surface area contributed by atoms with Crippen molar-refractivity contribution in [1.29, 1.82) is 0 Å². The zero-order valence-electron chi connectivity index (χ0n) is 8.07. The Labute approximate surface area is 96.7 Å². The molecular formula is C8H11BrN2O3S. The lowest BCUT2D eigenvalue weighted by Gasteiger charge is -2.06. The quantitative estimate of drug-likeness (QED) is 0.864. The maximum atomic E-state index is 11.3. The Morgan fingerprint density at radius 3 is 2.73 bits per heavy atom. The molecule has 0 bridgehead atoms. The lowest BCUT2D eigenvalue weighted by atomic mass is 10.4. The van der Waals surface area contributed by atoms with Crippen LogP contribution in [0.25, 0.3) is 0 Å². The Bertz CT molecular complexity index is 447. The Hall–Kier alpha value is -0.660. The minimum atomic E-state index is -3.49. The molecule has 1 aromatic heterocycles. The summed E-state index contributed by atoms with van der Waals surface area (Å²) in [5.74, 6) is -0.0757. The highest BCUT2D eigenvalue weighted by atomic mass is 79.9. The van der Waals surface area contributed by atoms with E-state index in [1.54, 1.807) is 19.1 Å². The molecule has 1 rings (SSSR count). The zero-order chi connectivity index (χ0) is 11.5. The van der Waals surface area contributed by atoms with Gasteiger partial charge in [-0.05, 0) is 35.0 Å². The van der Waals surface area contributed by atoms with Crippen molar-refractivity contribution in [2.45, 2.75) is 6.92 Å². The fourth-order valence-corrected chi connectivity index (χ4v) is 1.93. The summed E-state index contributed by atoms with van der Waals surface area (Å²) in [5, 5.41) is 8.53. The third-order valence-corrected chi connectivity index (χ3v) is 3.72. The molecule has 0 aliphatic carbocycles. The number of halogens is 1. The SMILES string of the molecule is Cc1nc(NS(=O)(=O)CCO)ccc1Br. The summed E-state index contributed by atoms with van der Waals surface area (Å²) in [6, 6.07) is 3.26. The van der Waals surface area contributed by atoms with Crippen molar-refractivity contribution in [1.82, 2.24) is 4.98 Å². The van der Waals surface area contributed by atoms with E-state index in [0.29, 0.717) is 5.69 Å². The molecular weight excluding hydrogens is 284 g/mol. The number of sulfonamides is 1. The number of aromatic nitrogens is 1. The fraction of sp³-hybridized carbons (Fsp3) is 0.375. The zero-order valence-corrected chi connectivity index (χ0v) is 10.5. The monoisotopic (exact) mass is 294 g/mol. The third kappa shape index (κ3) is 3.77. The maximum absolute atomic E-state index is 11.3. The topological polar surface area (TPSA) is 79.3 Å². The van der Waals surface area contributed by atoms with Crippen LogP contribution in [0, 0.1) is 6.92 Å². The van der Waals surface area contributed by atoms with E-state index in [1.165, 1.54) is 0 Å². The van der Waals surface area contributed by atoms with Gasteiger partial charge in [0.15, 0.2) is 0 Å². The number of rotatable bonds is 4. The van der Waals surface area contributed by atoms with Gasteiger partial charge in [-0.15, -0.1) is 0 Å². The van der Waals surface area contributed by atoms with Crippen LogP contribution >= 0.6 is 15.9 Å². The Kier molecular flexibility index (Phi) is 4.06. The van der Waals surface area contributed by atoms with Gasteiger partial charge in [-0.2, -0.15) is 0 Å². The van der Waals surface area contributed by atoms with Gasteiger partial charge in [0.05, 0.1) is 18.1 Å². The van der Waals surface area contributed by atoms with Crippen molar-refractivity contribution in [2.24, 2.45) is 0 Å².